The summed E-state index contributed by atoms with van der Waals surface area (Å²) in [4.78, 5) is 12.5. The van der Waals surface area contributed by atoms with E-state index in [1.165, 1.54) is 5.56 Å². The van der Waals surface area contributed by atoms with Crippen molar-refractivity contribution in [1.29, 1.82) is 0 Å². The van der Waals surface area contributed by atoms with Crippen LogP contribution in [0.1, 0.15) is 27.0 Å². The van der Waals surface area contributed by atoms with Gasteiger partial charge in [0.2, 0.25) is 5.78 Å². The number of hydrogen-bond acceptors (Lipinski definition) is 3. The molecule has 4 rings (SSSR count). The lowest BCUT2D eigenvalue weighted by molar-refractivity contribution is 0.101. The third-order valence-electron chi connectivity index (χ3n) is 4.34. The highest BCUT2D eigenvalue weighted by molar-refractivity contribution is 9.10. The summed E-state index contributed by atoms with van der Waals surface area (Å²) < 4.78 is 12.6. The number of hydrogen-bond donors (Lipinski definition) is 0. The molecule has 1 aliphatic rings. The van der Waals surface area contributed by atoms with E-state index in [1.54, 1.807) is 24.3 Å². The summed E-state index contributed by atoms with van der Waals surface area (Å²) in [6.45, 7) is 2.52. The summed E-state index contributed by atoms with van der Waals surface area (Å²) in [6.07, 6.45) is 1.75. The van der Waals surface area contributed by atoms with Crippen LogP contribution in [0.2, 0.25) is 0 Å². The highest BCUT2D eigenvalue weighted by Crippen LogP contribution is 2.35. The number of aryl methyl sites for hydroxylation is 1. The minimum Gasteiger partial charge on any atom is -0.489 e. The number of carbonyl (C=O) groups is 1. The molecule has 3 aromatic carbocycles. The van der Waals surface area contributed by atoms with E-state index >= 15 is 0 Å². The summed E-state index contributed by atoms with van der Waals surface area (Å²) in [7, 11) is 0. The Hall–Kier alpha value is -2.85. The van der Waals surface area contributed by atoms with Crippen molar-refractivity contribution in [2.24, 2.45) is 0 Å². The van der Waals surface area contributed by atoms with Crippen LogP contribution in [0, 0.1) is 6.92 Å². The van der Waals surface area contributed by atoms with Crippen molar-refractivity contribution in [3.63, 3.8) is 0 Å². The molecule has 0 bridgehead atoms. The molecule has 0 aromatic heterocycles. The van der Waals surface area contributed by atoms with E-state index in [4.69, 9.17) is 9.47 Å². The second-order valence-electron chi connectivity index (χ2n) is 6.42. The molecule has 0 unspecified atom stereocenters. The molecule has 3 nitrogen and oxygen atoms in total. The van der Waals surface area contributed by atoms with Gasteiger partial charge in [-0.05, 0) is 48.4 Å². The highest BCUT2D eigenvalue weighted by atomic mass is 79.9. The Bertz CT molecular complexity index is 1020. The summed E-state index contributed by atoms with van der Waals surface area (Å²) >= 11 is 3.40. The van der Waals surface area contributed by atoms with Crippen LogP contribution in [0.4, 0.5) is 0 Å². The Morgan fingerprint density at radius 3 is 2.48 bits per heavy atom. The van der Waals surface area contributed by atoms with Crippen molar-refractivity contribution in [3.8, 4) is 11.5 Å². The first kappa shape index (κ1) is 17.6. The largest absolute Gasteiger partial charge is 0.489 e. The molecule has 1 aliphatic heterocycles. The van der Waals surface area contributed by atoms with Crippen LogP contribution in [0.5, 0.6) is 11.5 Å². The first-order valence-corrected chi connectivity index (χ1v) is 9.40. The third kappa shape index (κ3) is 3.96. The Kier molecular flexibility index (Phi) is 4.82. The average molecular weight is 421 g/mol. The van der Waals surface area contributed by atoms with E-state index < -0.39 is 0 Å². The second-order valence-corrected chi connectivity index (χ2v) is 7.34. The van der Waals surface area contributed by atoms with Gasteiger partial charge in [0.25, 0.3) is 0 Å². The zero-order valence-corrected chi connectivity index (χ0v) is 16.3. The van der Waals surface area contributed by atoms with Crippen molar-refractivity contribution in [1.82, 2.24) is 0 Å². The van der Waals surface area contributed by atoms with Gasteiger partial charge in [0.05, 0.1) is 5.56 Å². The molecule has 0 aliphatic carbocycles. The standard InChI is InChI=1S/C23H17BrO3/c1-15-2-4-17(5-3-15)14-26-19-10-11-20-21(13-19)27-22(23(20)25)12-16-6-8-18(24)9-7-16/h2-13H,14H2,1H3. The number of carbonyl (C=O) groups excluding carboxylic acids is 1. The molecular formula is C23H17BrO3. The SMILES string of the molecule is Cc1ccc(COc2ccc3c(c2)OC(=Cc2ccc(Br)cc2)C3=O)cc1. The van der Waals surface area contributed by atoms with Crippen molar-refractivity contribution in [2.45, 2.75) is 13.5 Å². The van der Waals surface area contributed by atoms with Crippen LogP contribution in [0.25, 0.3) is 6.08 Å². The second kappa shape index (κ2) is 7.41. The first-order valence-electron chi connectivity index (χ1n) is 8.61. The number of ketones is 1. The predicted molar refractivity (Wildman–Crippen MR) is 109 cm³/mol. The predicted octanol–water partition coefficient (Wildman–Crippen LogP) is 5.95. The van der Waals surface area contributed by atoms with Crippen LogP contribution in [-0.4, -0.2) is 5.78 Å². The molecule has 134 valence electrons. The topological polar surface area (TPSA) is 35.5 Å². The number of fused-ring (bicyclic) bond motifs is 1. The third-order valence-corrected chi connectivity index (χ3v) is 4.86. The number of halogens is 1. The van der Waals surface area contributed by atoms with Gasteiger partial charge in [-0.3, -0.25) is 4.79 Å². The minimum absolute atomic E-state index is 0.113. The lowest BCUT2D eigenvalue weighted by atomic mass is 10.1. The van der Waals surface area contributed by atoms with Crippen molar-refractivity contribution >= 4 is 27.8 Å². The molecule has 0 spiro atoms. The Morgan fingerprint density at radius 1 is 1.00 bits per heavy atom. The van der Waals surface area contributed by atoms with E-state index in [0.29, 0.717) is 29.4 Å². The van der Waals surface area contributed by atoms with Gasteiger partial charge in [-0.2, -0.15) is 0 Å². The number of ether oxygens (including phenoxy) is 2. The van der Waals surface area contributed by atoms with Gasteiger partial charge < -0.3 is 9.47 Å². The maximum Gasteiger partial charge on any atom is 0.231 e. The molecule has 0 atom stereocenters. The quantitative estimate of drug-likeness (QED) is 0.488. The molecule has 0 saturated heterocycles. The number of benzene rings is 3. The molecule has 0 N–H and O–H groups in total. The van der Waals surface area contributed by atoms with Gasteiger partial charge in [0.1, 0.15) is 18.1 Å². The van der Waals surface area contributed by atoms with Crippen LogP contribution < -0.4 is 9.47 Å². The fraction of sp³-hybridized carbons (Fsp3) is 0.0870. The smallest absolute Gasteiger partial charge is 0.231 e. The first-order chi connectivity index (χ1) is 13.1. The summed E-state index contributed by atoms with van der Waals surface area (Å²) in [5.74, 6) is 1.41. The molecule has 1 heterocycles. The summed E-state index contributed by atoms with van der Waals surface area (Å²) in [5.41, 5.74) is 3.77. The summed E-state index contributed by atoms with van der Waals surface area (Å²) in [5, 5.41) is 0. The van der Waals surface area contributed by atoms with Gasteiger partial charge in [-0.1, -0.05) is 57.9 Å². The van der Waals surface area contributed by atoms with Gasteiger partial charge in [-0.25, -0.2) is 0 Å². The zero-order valence-electron chi connectivity index (χ0n) is 14.7. The lowest BCUT2D eigenvalue weighted by Crippen LogP contribution is -1.98. The molecule has 0 fully saturated rings. The maximum atomic E-state index is 12.5. The van der Waals surface area contributed by atoms with E-state index in [0.717, 1.165) is 15.6 Å². The summed E-state index contributed by atoms with van der Waals surface area (Å²) in [6, 6.07) is 21.2. The van der Waals surface area contributed by atoms with Crippen molar-refractivity contribution < 1.29 is 14.3 Å². The fourth-order valence-electron chi connectivity index (χ4n) is 2.82. The van der Waals surface area contributed by atoms with Crippen LogP contribution in [-0.2, 0) is 6.61 Å². The molecule has 27 heavy (non-hydrogen) atoms. The normalized spacial score (nSPS) is 14.1. The Balaban J connectivity index is 1.50. The van der Waals surface area contributed by atoms with Crippen molar-refractivity contribution in [3.05, 3.63) is 99.2 Å². The van der Waals surface area contributed by atoms with Crippen LogP contribution in [0.15, 0.2) is 77.0 Å². The average Bonchev–Trinajstić information content (AvgIpc) is 2.98. The monoisotopic (exact) mass is 420 g/mol. The Labute approximate surface area is 166 Å². The van der Waals surface area contributed by atoms with Gasteiger partial charge >= 0.3 is 0 Å². The van der Waals surface area contributed by atoms with E-state index in [2.05, 4.69) is 35.0 Å². The molecule has 0 radical (unpaired) electrons. The van der Waals surface area contributed by atoms with Crippen LogP contribution >= 0.6 is 15.9 Å². The maximum absolute atomic E-state index is 12.5. The van der Waals surface area contributed by atoms with E-state index in [-0.39, 0.29) is 5.78 Å². The van der Waals surface area contributed by atoms with Crippen LogP contribution in [0.3, 0.4) is 0 Å². The molecule has 3 aromatic rings. The van der Waals surface area contributed by atoms with Gasteiger partial charge in [-0.15, -0.1) is 0 Å². The minimum atomic E-state index is -0.113. The number of allylic oxidation sites excluding steroid dienone is 1. The van der Waals surface area contributed by atoms with E-state index in [9.17, 15) is 4.79 Å². The number of Topliss-reactive ketones (excluding diaryl/α,β-unsaturated/α-hetero) is 1. The fourth-order valence-corrected chi connectivity index (χ4v) is 3.08. The Morgan fingerprint density at radius 2 is 1.74 bits per heavy atom. The molecule has 0 saturated carbocycles. The van der Waals surface area contributed by atoms with Gasteiger partial charge in [0.15, 0.2) is 5.76 Å². The van der Waals surface area contributed by atoms with Gasteiger partial charge in [0, 0.05) is 10.5 Å². The molecule has 4 heteroatoms. The molecular weight excluding hydrogens is 404 g/mol. The zero-order chi connectivity index (χ0) is 18.8. The number of rotatable bonds is 4. The highest BCUT2D eigenvalue weighted by Gasteiger charge is 2.27. The lowest BCUT2D eigenvalue weighted by Gasteiger charge is -2.07. The van der Waals surface area contributed by atoms with E-state index in [1.807, 2.05) is 36.4 Å². The molecule has 0 amide bonds. The van der Waals surface area contributed by atoms with Crippen molar-refractivity contribution in [2.75, 3.05) is 0 Å².